The minimum Gasteiger partial charge on any atom is -0.451 e. The molecule has 8 nitrogen and oxygen atoms in total. The molecule has 0 radical (unpaired) electrons. The van der Waals surface area contributed by atoms with Crippen molar-refractivity contribution < 1.29 is 23.5 Å². The highest BCUT2D eigenvalue weighted by Crippen LogP contribution is 2.07. The predicted molar refractivity (Wildman–Crippen MR) is 80.4 cm³/mol. The molecule has 0 aliphatic rings. The number of ether oxygens (including phenoxy) is 1. The molecular weight excluding hydrogens is 319 g/mol. The van der Waals surface area contributed by atoms with Crippen molar-refractivity contribution in [1.29, 1.82) is 0 Å². The number of rotatable bonds is 6. The van der Waals surface area contributed by atoms with Gasteiger partial charge in [-0.05, 0) is 24.3 Å². The summed E-state index contributed by atoms with van der Waals surface area (Å²) in [6, 6.07) is 5.16. The Balaban J connectivity index is 1.70. The van der Waals surface area contributed by atoms with Crippen molar-refractivity contribution >= 4 is 23.5 Å². The topological polar surface area (TPSA) is 110 Å². The van der Waals surface area contributed by atoms with E-state index in [4.69, 9.17) is 4.74 Å². The Kier molecular flexibility index (Phi) is 5.89. The molecular formula is C15H13FN4O4. The number of carbonyl (C=O) groups excluding carboxylic acids is 3. The Morgan fingerprint density at radius 3 is 2.50 bits per heavy atom. The second-order valence-corrected chi connectivity index (χ2v) is 4.50. The molecule has 0 saturated heterocycles. The van der Waals surface area contributed by atoms with Crippen molar-refractivity contribution in [2.24, 2.45) is 0 Å². The fraction of sp³-hybridized carbons (Fsp3) is 0.133. The third kappa shape index (κ3) is 5.44. The van der Waals surface area contributed by atoms with Gasteiger partial charge in [0.25, 0.3) is 5.91 Å². The summed E-state index contributed by atoms with van der Waals surface area (Å²) >= 11 is 0. The van der Waals surface area contributed by atoms with E-state index >= 15 is 0 Å². The SMILES string of the molecule is O=C(COC(=O)c1cnccn1)NCC(=O)Nc1ccc(F)cc1. The summed E-state index contributed by atoms with van der Waals surface area (Å²) in [6.07, 6.45) is 3.91. The predicted octanol–water partition coefficient (Wildman–Crippen LogP) is 0.527. The Hall–Kier alpha value is -3.36. The van der Waals surface area contributed by atoms with Gasteiger partial charge in [0.15, 0.2) is 12.3 Å². The van der Waals surface area contributed by atoms with E-state index < -0.39 is 30.2 Å². The Morgan fingerprint density at radius 2 is 1.83 bits per heavy atom. The number of halogens is 1. The van der Waals surface area contributed by atoms with E-state index in [0.717, 1.165) is 0 Å². The highest BCUT2D eigenvalue weighted by atomic mass is 19.1. The van der Waals surface area contributed by atoms with Crippen LogP contribution in [0.3, 0.4) is 0 Å². The van der Waals surface area contributed by atoms with Crippen molar-refractivity contribution in [3.05, 3.63) is 54.4 Å². The van der Waals surface area contributed by atoms with Crippen LogP contribution in [0.5, 0.6) is 0 Å². The van der Waals surface area contributed by atoms with Gasteiger partial charge in [-0.15, -0.1) is 0 Å². The van der Waals surface area contributed by atoms with Crippen molar-refractivity contribution in [2.75, 3.05) is 18.5 Å². The van der Waals surface area contributed by atoms with Gasteiger partial charge in [-0.25, -0.2) is 14.2 Å². The lowest BCUT2D eigenvalue weighted by atomic mass is 10.3. The summed E-state index contributed by atoms with van der Waals surface area (Å²) in [4.78, 5) is 42.1. The molecule has 2 aromatic rings. The standard InChI is InChI=1S/C15H13FN4O4/c16-10-1-3-11(4-2-10)20-13(21)8-19-14(22)9-24-15(23)12-7-17-5-6-18-12/h1-7H,8-9H2,(H,19,22)(H,20,21). The number of hydrogen-bond acceptors (Lipinski definition) is 6. The fourth-order valence-corrected chi connectivity index (χ4v) is 1.58. The zero-order chi connectivity index (χ0) is 17.4. The zero-order valence-electron chi connectivity index (χ0n) is 12.4. The lowest BCUT2D eigenvalue weighted by molar-refractivity contribution is -0.126. The van der Waals surface area contributed by atoms with E-state index in [2.05, 4.69) is 20.6 Å². The summed E-state index contributed by atoms with van der Waals surface area (Å²) in [6.45, 7) is -0.877. The molecule has 24 heavy (non-hydrogen) atoms. The number of hydrogen-bond donors (Lipinski definition) is 2. The van der Waals surface area contributed by atoms with Gasteiger partial charge < -0.3 is 15.4 Å². The van der Waals surface area contributed by atoms with E-state index in [9.17, 15) is 18.8 Å². The van der Waals surface area contributed by atoms with Crippen molar-refractivity contribution in [3.63, 3.8) is 0 Å². The molecule has 9 heteroatoms. The highest BCUT2D eigenvalue weighted by Gasteiger charge is 2.12. The average Bonchev–Trinajstić information content (AvgIpc) is 2.60. The van der Waals surface area contributed by atoms with Crippen molar-refractivity contribution in [2.45, 2.75) is 0 Å². The lowest BCUT2D eigenvalue weighted by Crippen LogP contribution is -2.35. The number of amides is 2. The van der Waals surface area contributed by atoms with Gasteiger partial charge in [0.05, 0.1) is 12.7 Å². The molecule has 2 N–H and O–H groups in total. The van der Waals surface area contributed by atoms with E-state index in [1.165, 1.54) is 42.9 Å². The number of esters is 1. The van der Waals surface area contributed by atoms with Gasteiger partial charge in [0.1, 0.15) is 5.82 Å². The Bertz CT molecular complexity index is 722. The minimum atomic E-state index is -0.797. The molecule has 0 bridgehead atoms. The van der Waals surface area contributed by atoms with Crippen LogP contribution < -0.4 is 10.6 Å². The first-order valence-electron chi connectivity index (χ1n) is 6.80. The third-order valence-electron chi connectivity index (χ3n) is 2.68. The van der Waals surface area contributed by atoms with Crippen LogP contribution in [0.4, 0.5) is 10.1 Å². The monoisotopic (exact) mass is 332 g/mol. The van der Waals surface area contributed by atoms with Crippen LogP contribution in [0.25, 0.3) is 0 Å². The maximum atomic E-state index is 12.7. The maximum absolute atomic E-state index is 12.7. The quantitative estimate of drug-likeness (QED) is 0.747. The van der Waals surface area contributed by atoms with Gasteiger partial charge >= 0.3 is 5.97 Å². The minimum absolute atomic E-state index is 0.0284. The molecule has 0 fully saturated rings. The smallest absolute Gasteiger partial charge is 0.359 e. The number of nitrogens with zero attached hydrogens (tertiary/aromatic N) is 2. The molecule has 1 heterocycles. The molecule has 2 rings (SSSR count). The number of aromatic nitrogens is 2. The van der Waals surface area contributed by atoms with Crippen LogP contribution in [0.2, 0.25) is 0 Å². The zero-order valence-corrected chi connectivity index (χ0v) is 12.4. The second kappa shape index (κ2) is 8.32. The Labute approximate surface area is 136 Å². The molecule has 2 amide bonds. The van der Waals surface area contributed by atoms with Gasteiger partial charge in [0.2, 0.25) is 5.91 Å². The van der Waals surface area contributed by atoms with Gasteiger partial charge in [-0.3, -0.25) is 14.6 Å². The molecule has 0 spiro atoms. The molecule has 0 aliphatic carbocycles. The number of nitrogens with one attached hydrogen (secondary N) is 2. The van der Waals surface area contributed by atoms with Gasteiger partial charge in [0, 0.05) is 18.1 Å². The van der Waals surface area contributed by atoms with E-state index in [0.29, 0.717) is 5.69 Å². The molecule has 1 aromatic heterocycles. The highest BCUT2D eigenvalue weighted by molar-refractivity contribution is 5.95. The largest absolute Gasteiger partial charge is 0.451 e. The number of carbonyl (C=O) groups is 3. The first kappa shape index (κ1) is 17.0. The molecule has 0 unspecified atom stereocenters. The van der Waals surface area contributed by atoms with Crippen LogP contribution >= 0.6 is 0 Å². The van der Waals surface area contributed by atoms with Crippen LogP contribution in [0.15, 0.2) is 42.9 Å². The van der Waals surface area contributed by atoms with Crippen LogP contribution in [0, 0.1) is 5.82 Å². The van der Waals surface area contributed by atoms with Crippen molar-refractivity contribution in [3.8, 4) is 0 Å². The van der Waals surface area contributed by atoms with Gasteiger partial charge in [-0.2, -0.15) is 0 Å². The second-order valence-electron chi connectivity index (χ2n) is 4.50. The summed E-state index contributed by atoms with van der Waals surface area (Å²) in [5.74, 6) is -2.38. The Morgan fingerprint density at radius 1 is 1.08 bits per heavy atom. The summed E-state index contributed by atoms with van der Waals surface area (Å²) in [7, 11) is 0. The number of benzene rings is 1. The first-order valence-corrected chi connectivity index (χ1v) is 6.80. The van der Waals surface area contributed by atoms with Crippen LogP contribution in [-0.2, 0) is 14.3 Å². The average molecular weight is 332 g/mol. The molecule has 0 aliphatic heterocycles. The third-order valence-corrected chi connectivity index (χ3v) is 2.68. The summed E-state index contributed by atoms with van der Waals surface area (Å²) < 4.78 is 17.5. The van der Waals surface area contributed by atoms with Crippen LogP contribution in [0.1, 0.15) is 10.5 Å². The van der Waals surface area contributed by atoms with Crippen LogP contribution in [-0.4, -0.2) is 40.9 Å². The summed E-state index contributed by atoms with van der Waals surface area (Å²) in [5, 5.41) is 4.75. The molecule has 0 saturated carbocycles. The lowest BCUT2D eigenvalue weighted by Gasteiger charge is -2.07. The van der Waals surface area contributed by atoms with E-state index in [1.54, 1.807) is 0 Å². The molecule has 124 valence electrons. The number of anilines is 1. The fourth-order valence-electron chi connectivity index (χ4n) is 1.58. The molecule has 1 aromatic carbocycles. The summed E-state index contributed by atoms with van der Waals surface area (Å²) in [5.41, 5.74) is 0.365. The van der Waals surface area contributed by atoms with E-state index in [1.807, 2.05) is 0 Å². The molecule has 0 atom stereocenters. The van der Waals surface area contributed by atoms with Gasteiger partial charge in [-0.1, -0.05) is 0 Å². The normalized spacial score (nSPS) is 9.88. The maximum Gasteiger partial charge on any atom is 0.359 e. The van der Waals surface area contributed by atoms with E-state index in [-0.39, 0.29) is 12.2 Å². The first-order chi connectivity index (χ1) is 11.5. The van der Waals surface area contributed by atoms with Crippen molar-refractivity contribution in [1.82, 2.24) is 15.3 Å².